The first kappa shape index (κ1) is 14.0. The molecule has 1 aliphatic rings. The minimum absolute atomic E-state index is 0.0375. The maximum Gasteiger partial charge on any atom is 0.261 e. The Balaban J connectivity index is 1.78. The molecule has 2 unspecified atom stereocenters. The van der Waals surface area contributed by atoms with Gasteiger partial charge in [-0.2, -0.15) is 0 Å². The third kappa shape index (κ3) is 2.74. The van der Waals surface area contributed by atoms with Crippen LogP contribution in [0.1, 0.15) is 28.9 Å². The lowest BCUT2D eigenvalue weighted by molar-refractivity contribution is 0.0934. The van der Waals surface area contributed by atoms with Gasteiger partial charge in [0.05, 0.1) is 4.88 Å². The maximum atomic E-state index is 13.2. The molecule has 2 aromatic rings. The van der Waals surface area contributed by atoms with E-state index < -0.39 is 0 Å². The van der Waals surface area contributed by atoms with E-state index in [9.17, 15) is 9.18 Å². The lowest BCUT2D eigenvalue weighted by Gasteiger charge is -2.18. The van der Waals surface area contributed by atoms with Crippen molar-refractivity contribution in [2.75, 3.05) is 5.33 Å². The van der Waals surface area contributed by atoms with Gasteiger partial charge in [0.2, 0.25) is 0 Å². The van der Waals surface area contributed by atoms with Gasteiger partial charge in [-0.05, 0) is 42.3 Å². The van der Waals surface area contributed by atoms with Gasteiger partial charge in [0.1, 0.15) is 5.82 Å². The molecule has 1 saturated carbocycles. The highest BCUT2D eigenvalue weighted by Crippen LogP contribution is 2.29. The summed E-state index contributed by atoms with van der Waals surface area (Å²) in [5.41, 5.74) is 0. The van der Waals surface area contributed by atoms with Gasteiger partial charge in [-0.25, -0.2) is 4.39 Å². The lowest BCUT2D eigenvalue weighted by Crippen LogP contribution is -2.37. The SMILES string of the molecule is O=C(NC1CCCC1CBr)c1cc2ccc(F)cc2s1. The Morgan fingerprint density at radius 3 is 3.05 bits per heavy atom. The van der Waals surface area contributed by atoms with Gasteiger partial charge < -0.3 is 5.32 Å². The summed E-state index contributed by atoms with van der Waals surface area (Å²) in [6.07, 6.45) is 3.37. The number of hydrogen-bond acceptors (Lipinski definition) is 2. The molecule has 106 valence electrons. The fraction of sp³-hybridized carbons (Fsp3) is 0.400. The predicted octanol–water partition coefficient (Wildman–Crippen LogP) is 4.33. The number of fused-ring (bicyclic) bond motifs is 1. The average molecular weight is 356 g/mol. The van der Waals surface area contributed by atoms with E-state index in [0.29, 0.717) is 10.8 Å². The van der Waals surface area contributed by atoms with Crippen molar-refractivity contribution in [1.29, 1.82) is 0 Å². The zero-order valence-electron chi connectivity index (χ0n) is 10.9. The first-order valence-corrected chi connectivity index (χ1v) is 8.67. The number of benzene rings is 1. The molecule has 5 heteroatoms. The fourth-order valence-corrected chi connectivity index (χ4v) is 4.53. The molecule has 0 aliphatic heterocycles. The number of halogens is 2. The molecule has 2 nitrogen and oxygen atoms in total. The molecule has 1 aliphatic carbocycles. The topological polar surface area (TPSA) is 29.1 Å². The number of nitrogens with one attached hydrogen (secondary N) is 1. The summed E-state index contributed by atoms with van der Waals surface area (Å²) in [4.78, 5) is 13.0. The molecule has 1 heterocycles. The summed E-state index contributed by atoms with van der Waals surface area (Å²) in [5.74, 6) is 0.219. The van der Waals surface area contributed by atoms with Crippen molar-refractivity contribution in [1.82, 2.24) is 5.32 Å². The molecule has 20 heavy (non-hydrogen) atoms. The second-order valence-electron chi connectivity index (χ2n) is 5.22. The third-order valence-corrected chi connectivity index (χ3v) is 5.81. The Morgan fingerprint density at radius 2 is 2.25 bits per heavy atom. The van der Waals surface area contributed by atoms with Crippen molar-refractivity contribution >= 4 is 43.3 Å². The highest BCUT2D eigenvalue weighted by molar-refractivity contribution is 9.09. The Morgan fingerprint density at radius 1 is 1.40 bits per heavy atom. The molecule has 0 saturated heterocycles. The van der Waals surface area contributed by atoms with Gasteiger partial charge in [-0.15, -0.1) is 11.3 Å². The molecule has 2 atom stereocenters. The predicted molar refractivity (Wildman–Crippen MR) is 84.2 cm³/mol. The Labute approximate surface area is 129 Å². The fourth-order valence-electron chi connectivity index (χ4n) is 2.77. The second kappa shape index (κ2) is 5.82. The van der Waals surface area contributed by atoms with E-state index in [2.05, 4.69) is 21.2 Å². The van der Waals surface area contributed by atoms with Crippen LogP contribution < -0.4 is 5.32 Å². The highest BCUT2D eigenvalue weighted by Gasteiger charge is 2.28. The van der Waals surface area contributed by atoms with Gasteiger partial charge in [-0.1, -0.05) is 28.4 Å². The van der Waals surface area contributed by atoms with Gasteiger partial charge in [0.25, 0.3) is 5.91 Å². The standard InChI is InChI=1S/C15H15BrFNOS/c16-8-10-2-1-3-12(10)18-15(19)14-6-9-4-5-11(17)7-13(9)20-14/h4-7,10,12H,1-3,8H2,(H,18,19). The van der Waals surface area contributed by atoms with Crippen molar-refractivity contribution in [2.24, 2.45) is 5.92 Å². The smallest absolute Gasteiger partial charge is 0.261 e. The minimum Gasteiger partial charge on any atom is -0.348 e. The van der Waals surface area contributed by atoms with E-state index in [1.165, 1.54) is 29.9 Å². The first-order valence-electron chi connectivity index (χ1n) is 6.73. The number of rotatable bonds is 3. The third-order valence-electron chi connectivity index (χ3n) is 3.88. The summed E-state index contributed by atoms with van der Waals surface area (Å²) < 4.78 is 14.0. The van der Waals surface area contributed by atoms with E-state index in [-0.39, 0.29) is 17.8 Å². The maximum absolute atomic E-state index is 13.2. The molecular formula is C15H15BrFNOS. The van der Waals surface area contributed by atoms with Gasteiger partial charge in [0, 0.05) is 16.1 Å². The molecular weight excluding hydrogens is 341 g/mol. The number of alkyl halides is 1. The van der Waals surface area contributed by atoms with Crippen LogP contribution in [-0.2, 0) is 0 Å². The minimum atomic E-state index is -0.263. The monoisotopic (exact) mass is 355 g/mol. The normalized spacial score (nSPS) is 22.3. The molecule has 1 N–H and O–H groups in total. The van der Waals surface area contributed by atoms with Crippen molar-refractivity contribution in [3.05, 3.63) is 35.0 Å². The van der Waals surface area contributed by atoms with Gasteiger partial charge in [-0.3, -0.25) is 4.79 Å². The number of hydrogen-bond donors (Lipinski definition) is 1. The zero-order valence-corrected chi connectivity index (χ0v) is 13.3. The number of thiophene rings is 1. The van der Waals surface area contributed by atoms with Crippen LogP contribution in [0.2, 0.25) is 0 Å². The number of carbonyl (C=O) groups is 1. The van der Waals surface area contributed by atoms with Crippen molar-refractivity contribution in [3.8, 4) is 0 Å². The Bertz CT molecular complexity index is 642. The van der Waals surface area contributed by atoms with Crippen molar-refractivity contribution in [2.45, 2.75) is 25.3 Å². The first-order chi connectivity index (χ1) is 9.67. The summed E-state index contributed by atoms with van der Waals surface area (Å²) in [6.45, 7) is 0. The van der Waals surface area contributed by atoms with Crippen molar-refractivity contribution < 1.29 is 9.18 Å². The Kier molecular flexibility index (Phi) is 4.08. The molecule has 1 aromatic carbocycles. The van der Waals surface area contributed by atoms with Crippen LogP contribution in [-0.4, -0.2) is 17.3 Å². The van der Waals surface area contributed by atoms with E-state index in [0.717, 1.165) is 28.3 Å². The molecule has 1 fully saturated rings. The summed E-state index contributed by atoms with van der Waals surface area (Å²) in [5, 5.41) is 4.97. The molecule has 0 radical (unpaired) electrons. The largest absolute Gasteiger partial charge is 0.348 e. The van der Waals surface area contributed by atoms with Crippen LogP contribution >= 0.6 is 27.3 Å². The zero-order chi connectivity index (χ0) is 14.1. The average Bonchev–Trinajstić information content (AvgIpc) is 3.04. The van der Waals surface area contributed by atoms with Crippen LogP contribution in [0.5, 0.6) is 0 Å². The van der Waals surface area contributed by atoms with E-state index >= 15 is 0 Å². The highest BCUT2D eigenvalue weighted by atomic mass is 79.9. The van der Waals surface area contributed by atoms with Crippen LogP contribution in [0.15, 0.2) is 24.3 Å². The van der Waals surface area contributed by atoms with Crippen LogP contribution in [0.3, 0.4) is 0 Å². The summed E-state index contributed by atoms with van der Waals surface area (Å²) >= 11 is 4.86. The quantitative estimate of drug-likeness (QED) is 0.815. The summed E-state index contributed by atoms with van der Waals surface area (Å²) in [6, 6.07) is 6.72. The van der Waals surface area contributed by atoms with Crippen LogP contribution in [0.25, 0.3) is 10.1 Å². The molecule has 1 amide bonds. The van der Waals surface area contributed by atoms with E-state index in [4.69, 9.17) is 0 Å². The molecule has 0 spiro atoms. The van der Waals surface area contributed by atoms with Gasteiger partial charge in [0.15, 0.2) is 0 Å². The van der Waals surface area contributed by atoms with Crippen molar-refractivity contribution in [3.63, 3.8) is 0 Å². The van der Waals surface area contributed by atoms with Gasteiger partial charge >= 0.3 is 0 Å². The van der Waals surface area contributed by atoms with E-state index in [1.54, 1.807) is 6.07 Å². The summed E-state index contributed by atoms with van der Waals surface area (Å²) in [7, 11) is 0. The Hall–Kier alpha value is -0.940. The number of amides is 1. The second-order valence-corrected chi connectivity index (χ2v) is 6.95. The van der Waals surface area contributed by atoms with Crippen LogP contribution in [0, 0.1) is 11.7 Å². The van der Waals surface area contributed by atoms with Crippen LogP contribution in [0.4, 0.5) is 4.39 Å². The molecule has 1 aromatic heterocycles. The lowest BCUT2D eigenvalue weighted by atomic mass is 10.1. The molecule has 0 bridgehead atoms. The molecule has 3 rings (SSSR count). The van der Waals surface area contributed by atoms with E-state index in [1.807, 2.05) is 6.07 Å². The number of carbonyl (C=O) groups excluding carboxylic acids is 1.